The number of fused-ring (bicyclic) bond motifs is 1. The highest BCUT2D eigenvalue weighted by molar-refractivity contribution is 6.03. The third kappa shape index (κ3) is 3.53. The van der Waals surface area contributed by atoms with Crippen molar-refractivity contribution in [3.63, 3.8) is 0 Å². The fourth-order valence-corrected chi connectivity index (χ4v) is 5.35. The van der Waals surface area contributed by atoms with E-state index in [9.17, 15) is 14.4 Å². The SMILES string of the molecule is C=C1C(/C(C)=C2/C(=O)NC3(CCCCC3)N2C=O)=C(C)Nc2cc(NC(=O)C3CC3)ncc21. The zero-order valence-electron chi connectivity index (χ0n) is 19.1. The molecule has 33 heavy (non-hydrogen) atoms. The van der Waals surface area contributed by atoms with Crippen LogP contribution in [0.5, 0.6) is 0 Å². The molecule has 172 valence electrons. The van der Waals surface area contributed by atoms with Gasteiger partial charge in [-0.15, -0.1) is 0 Å². The number of anilines is 2. The summed E-state index contributed by atoms with van der Waals surface area (Å²) < 4.78 is 0. The molecule has 0 radical (unpaired) electrons. The number of carbonyl (C=O) groups excluding carboxylic acids is 3. The third-order valence-electron chi connectivity index (χ3n) is 7.21. The van der Waals surface area contributed by atoms with Crippen LogP contribution >= 0.6 is 0 Å². The lowest BCUT2D eigenvalue weighted by molar-refractivity contribution is -0.121. The molecule has 3 fully saturated rings. The van der Waals surface area contributed by atoms with Crippen molar-refractivity contribution in [3.8, 4) is 0 Å². The van der Waals surface area contributed by atoms with Gasteiger partial charge in [-0.25, -0.2) is 4.98 Å². The van der Waals surface area contributed by atoms with Gasteiger partial charge in [-0.1, -0.05) is 13.0 Å². The van der Waals surface area contributed by atoms with Crippen molar-refractivity contribution in [2.45, 2.75) is 64.5 Å². The molecule has 2 aliphatic heterocycles. The molecule has 0 atom stereocenters. The molecule has 1 aromatic rings. The van der Waals surface area contributed by atoms with Gasteiger partial charge >= 0.3 is 0 Å². The highest BCUT2D eigenvalue weighted by Crippen LogP contribution is 2.44. The summed E-state index contributed by atoms with van der Waals surface area (Å²) in [5.41, 5.74) is 4.40. The van der Waals surface area contributed by atoms with Crippen LogP contribution in [0.15, 0.2) is 41.4 Å². The van der Waals surface area contributed by atoms with E-state index in [1.54, 1.807) is 17.2 Å². The maximum absolute atomic E-state index is 13.1. The molecule has 8 heteroatoms. The van der Waals surface area contributed by atoms with Crippen LogP contribution in [0.3, 0.4) is 0 Å². The van der Waals surface area contributed by atoms with Gasteiger partial charge < -0.3 is 16.0 Å². The molecule has 2 aliphatic carbocycles. The average Bonchev–Trinajstić information content (AvgIpc) is 3.59. The molecule has 3 amide bonds. The van der Waals surface area contributed by atoms with Crippen LogP contribution in [0.25, 0.3) is 5.57 Å². The Morgan fingerprint density at radius 1 is 1.30 bits per heavy atom. The molecule has 3 N–H and O–H groups in total. The van der Waals surface area contributed by atoms with Gasteiger partial charge in [0, 0.05) is 35.0 Å². The molecule has 3 heterocycles. The number of amides is 3. The zero-order valence-corrected chi connectivity index (χ0v) is 19.1. The van der Waals surface area contributed by atoms with Crippen molar-refractivity contribution in [2.24, 2.45) is 5.92 Å². The summed E-state index contributed by atoms with van der Waals surface area (Å²) in [6.07, 6.45) is 8.90. The number of allylic oxidation sites excluding steroid dienone is 4. The lowest BCUT2D eigenvalue weighted by atomic mass is 9.87. The topological polar surface area (TPSA) is 103 Å². The largest absolute Gasteiger partial charge is 0.358 e. The molecule has 8 nitrogen and oxygen atoms in total. The summed E-state index contributed by atoms with van der Waals surface area (Å²) in [6, 6.07) is 1.81. The molecular weight excluding hydrogens is 418 g/mol. The minimum Gasteiger partial charge on any atom is -0.358 e. The molecule has 1 saturated heterocycles. The van der Waals surface area contributed by atoms with Gasteiger partial charge in [-0.3, -0.25) is 19.3 Å². The second kappa shape index (κ2) is 7.86. The molecule has 0 bridgehead atoms. The van der Waals surface area contributed by atoms with Crippen molar-refractivity contribution >= 4 is 35.3 Å². The van der Waals surface area contributed by atoms with E-state index >= 15 is 0 Å². The van der Waals surface area contributed by atoms with Crippen molar-refractivity contribution in [1.82, 2.24) is 15.2 Å². The van der Waals surface area contributed by atoms with E-state index in [4.69, 9.17) is 0 Å². The zero-order chi connectivity index (χ0) is 23.3. The van der Waals surface area contributed by atoms with Gasteiger partial charge in [0.15, 0.2) is 0 Å². The molecule has 0 aromatic carbocycles. The molecule has 0 unspecified atom stereocenters. The van der Waals surface area contributed by atoms with Crippen molar-refractivity contribution in [1.29, 1.82) is 0 Å². The van der Waals surface area contributed by atoms with Crippen LogP contribution in [0.1, 0.15) is 64.4 Å². The highest BCUT2D eigenvalue weighted by Gasteiger charge is 2.49. The Bertz CT molecular complexity index is 1140. The summed E-state index contributed by atoms with van der Waals surface area (Å²) in [5.74, 6) is 0.373. The number of carbonyl (C=O) groups is 3. The molecule has 5 rings (SSSR count). The maximum atomic E-state index is 13.1. The van der Waals surface area contributed by atoms with Crippen molar-refractivity contribution in [3.05, 3.63) is 46.9 Å². The smallest absolute Gasteiger partial charge is 0.270 e. The summed E-state index contributed by atoms with van der Waals surface area (Å²) in [6.45, 7) is 8.07. The van der Waals surface area contributed by atoms with Gasteiger partial charge in [0.05, 0.1) is 5.69 Å². The lowest BCUT2D eigenvalue weighted by Gasteiger charge is -2.38. The minimum absolute atomic E-state index is 0.00320. The van der Waals surface area contributed by atoms with Crippen molar-refractivity contribution in [2.75, 3.05) is 10.6 Å². The normalized spacial score (nSPS) is 23.2. The van der Waals surface area contributed by atoms with Gasteiger partial charge in [-0.05, 0) is 63.5 Å². The van der Waals surface area contributed by atoms with E-state index < -0.39 is 5.66 Å². The number of pyridine rings is 1. The average molecular weight is 448 g/mol. The van der Waals surface area contributed by atoms with E-state index in [1.165, 1.54) is 0 Å². The summed E-state index contributed by atoms with van der Waals surface area (Å²) in [5, 5.41) is 9.35. The highest BCUT2D eigenvalue weighted by atomic mass is 16.2. The van der Waals surface area contributed by atoms with Crippen LogP contribution in [0, 0.1) is 5.92 Å². The quantitative estimate of drug-likeness (QED) is 0.483. The lowest BCUT2D eigenvalue weighted by Crippen LogP contribution is -2.52. The number of hydrogen-bond acceptors (Lipinski definition) is 5. The Labute approximate surface area is 193 Å². The predicted octanol–water partition coefficient (Wildman–Crippen LogP) is 3.67. The van der Waals surface area contributed by atoms with Crippen LogP contribution in [-0.4, -0.2) is 33.8 Å². The van der Waals surface area contributed by atoms with Crippen LogP contribution in [-0.2, 0) is 14.4 Å². The monoisotopic (exact) mass is 447 g/mol. The number of rotatable bonds is 4. The standard InChI is InChI=1S/C25H29N5O3/c1-14-18-12-26-20(28-23(32)17-7-8-17)11-19(18)27-16(3)21(14)15(2)22-24(33)29-25(30(22)13-31)9-5-4-6-10-25/h11-13,17,27H,1,4-10H2,2-3H3,(H,29,33)(H,26,28,32)/b22-15-. The molecule has 1 spiro atoms. The second-order valence-electron chi connectivity index (χ2n) is 9.48. The van der Waals surface area contributed by atoms with Gasteiger partial charge in [0.25, 0.3) is 5.91 Å². The summed E-state index contributed by atoms with van der Waals surface area (Å²) in [7, 11) is 0. The Morgan fingerprint density at radius 2 is 2.03 bits per heavy atom. The maximum Gasteiger partial charge on any atom is 0.270 e. The van der Waals surface area contributed by atoms with Gasteiger partial charge in [0.2, 0.25) is 12.3 Å². The number of nitrogens with one attached hydrogen (secondary N) is 3. The van der Waals surface area contributed by atoms with E-state index in [2.05, 4.69) is 27.5 Å². The predicted molar refractivity (Wildman–Crippen MR) is 126 cm³/mol. The Balaban J connectivity index is 1.48. The van der Waals surface area contributed by atoms with E-state index in [0.717, 1.165) is 79.4 Å². The summed E-state index contributed by atoms with van der Waals surface area (Å²) >= 11 is 0. The second-order valence-corrected chi connectivity index (χ2v) is 9.48. The van der Waals surface area contributed by atoms with Gasteiger partial charge in [0.1, 0.15) is 17.2 Å². The number of nitrogens with zero attached hydrogens (tertiary/aromatic N) is 2. The minimum atomic E-state index is -0.625. The third-order valence-corrected chi connectivity index (χ3v) is 7.21. The first-order valence-electron chi connectivity index (χ1n) is 11.6. The number of hydrogen-bond donors (Lipinski definition) is 3. The molecular formula is C25H29N5O3. The first-order valence-corrected chi connectivity index (χ1v) is 11.6. The fourth-order valence-electron chi connectivity index (χ4n) is 5.35. The molecule has 1 aromatic heterocycles. The van der Waals surface area contributed by atoms with E-state index in [-0.39, 0.29) is 17.7 Å². The number of aromatic nitrogens is 1. The fraction of sp³-hybridized carbons (Fsp3) is 0.440. The molecule has 4 aliphatic rings. The summed E-state index contributed by atoms with van der Waals surface area (Å²) in [4.78, 5) is 43.3. The van der Waals surface area contributed by atoms with Gasteiger partial charge in [-0.2, -0.15) is 0 Å². The van der Waals surface area contributed by atoms with Crippen LogP contribution in [0.4, 0.5) is 11.5 Å². The van der Waals surface area contributed by atoms with E-state index in [0.29, 0.717) is 17.1 Å². The Kier molecular flexibility index (Phi) is 5.11. The van der Waals surface area contributed by atoms with Crippen molar-refractivity contribution < 1.29 is 14.4 Å². The van der Waals surface area contributed by atoms with Crippen LogP contribution < -0.4 is 16.0 Å². The first kappa shape index (κ1) is 21.4. The van der Waals surface area contributed by atoms with Crippen LogP contribution in [0.2, 0.25) is 0 Å². The first-order chi connectivity index (χ1) is 15.8. The Morgan fingerprint density at radius 3 is 2.70 bits per heavy atom. The Hall–Kier alpha value is -3.42. The van der Waals surface area contributed by atoms with E-state index in [1.807, 2.05) is 13.8 Å². The molecule has 2 saturated carbocycles.